The van der Waals surface area contributed by atoms with E-state index in [2.05, 4.69) is 17.2 Å². The van der Waals surface area contributed by atoms with E-state index in [0.717, 1.165) is 34.7 Å². The minimum atomic E-state index is -0.320. The lowest BCUT2D eigenvalue weighted by atomic mass is 9.85. The maximum atomic E-state index is 13.0. The molecule has 140 valence electrons. The largest absolute Gasteiger partial charge is 0.342 e. The van der Waals surface area contributed by atoms with Crippen molar-refractivity contribution in [2.75, 3.05) is 18.9 Å². The first-order valence-electron chi connectivity index (χ1n) is 9.71. The van der Waals surface area contributed by atoms with Crippen LogP contribution >= 0.6 is 0 Å². The molecule has 1 saturated carbocycles. The molecule has 0 saturated heterocycles. The van der Waals surface area contributed by atoms with Crippen LogP contribution in [0.25, 0.3) is 11.0 Å². The molecule has 1 aliphatic carbocycles. The average molecular weight is 362 g/mol. The SMILES string of the molecule is CCN(C)C(C(=O)Nc1ccc2nc(C3CCC3)[nH]c2c1)c1ccccc1. The van der Waals surface area contributed by atoms with E-state index in [-0.39, 0.29) is 11.9 Å². The van der Waals surface area contributed by atoms with Crippen molar-refractivity contribution in [1.29, 1.82) is 0 Å². The van der Waals surface area contributed by atoms with Gasteiger partial charge in [-0.15, -0.1) is 0 Å². The summed E-state index contributed by atoms with van der Waals surface area (Å²) in [6.07, 6.45) is 3.71. The summed E-state index contributed by atoms with van der Waals surface area (Å²) in [5, 5.41) is 3.09. The highest BCUT2D eigenvalue weighted by atomic mass is 16.2. The van der Waals surface area contributed by atoms with Crippen molar-refractivity contribution >= 4 is 22.6 Å². The first-order chi connectivity index (χ1) is 13.2. The van der Waals surface area contributed by atoms with Gasteiger partial charge in [0.05, 0.1) is 11.0 Å². The molecular formula is C22H26N4O. The highest BCUT2D eigenvalue weighted by Gasteiger charge is 2.25. The number of hydrogen-bond donors (Lipinski definition) is 2. The number of likely N-dealkylation sites (N-methyl/N-ethyl adjacent to an activating group) is 1. The van der Waals surface area contributed by atoms with Crippen molar-refractivity contribution in [3.05, 3.63) is 59.9 Å². The molecule has 1 unspecified atom stereocenters. The predicted octanol–water partition coefficient (Wildman–Crippen LogP) is 4.46. The van der Waals surface area contributed by atoms with E-state index in [1.807, 2.05) is 60.5 Å². The van der Waals surface area contributed by atoms with Gasteiger partial charge in [-0.1, -0.05) is 43.7 Å². The monoisotopic (exact) mass is 362 g/mol. The molecule has 5 heteroatoms. The van der Waals surface area contributed by atoms with Crippen molar-refractivity contribution in [2.45, 2.75) is 38.1 Å². The minimum Gasteiger partial charge on any atom is -0.342 e. The van der Waals surface area contributed by atoms with Crippen molar-refractivity contribution in [2.24, 2.45) is 0 Å². The van der Waals surface area contributed by atoms with Crippen LogP contribution in [0.15, 0.2) is 48.5 Å². The summed E-state index contributed by atoms with van der Waals surface area (Å²) >= 11 is 0. The number of amides is 1. The highest BCUT2D eigenvalue weighted by molar-refractivity contribution is 5.97. The first-order valence-corrected chi connectivity index (χ1v) is 9.71. The fourth-order valence-electron chi connectivity index (χ4n) is 3.62. The third-order valence-electron chi connectivity index (χ3n) is 5.56. The topological polar surface area (TPSA) is 61.0 Å². The summed E-state index contributed by atoms with van der Waals surface area (Å²) in [5.74, 6) is 1.62. The van der Waals surface area contributed by atoms with Crippen molar-refractivity contribution in [3.63, 3.8) is 0 Å². The Kier molecular flexibility index (Phi) is 4.94. The summed E-state index contributed by atoms with van der Waals surface area (Å²) < 4.78 is 0. The standard InChI is InChI=1S/C22H26N4O/c1-3-26(2)20(15-8-5-4-6-9-15)22(27)23-17-12-13-18-19(14-17)25-21(24-18)16-10-7-11-16/h4-6,8-9,12-14,16,20H,3,7,10-11H2,1-2H3,(H,23,27)(H,24,25). The molecule has 1 atom stereocenters. The molecule has 1 fully saturated rings. The summed E-state index contributed by atoms with van der Waals surface area (Å²) in [4.78, 5) is 23.2. The van der Waals surface area contributed by atoms with Gasteiger partial charge in [0.2, 0.25) is 5.91 Å². The fraction of sp³-hybridized carbons (Fsp3) is 0.364. The zero-order valence-electron chi connectivity index (χ0n) is 15.9. The van der Waals surface area contributed by atoms with E-state index >= 15 is 0 Å². The number of aromatic amines is 1. The summed E-state index contributed by atoms with van der Waals surface area (Å²) in [6.45, 7) is 2.85. The zero-order valence-corrected chi connectivity index (χ0v) is 15.9. The van der Waals surface area contributed by atoms with Crippen LogP contribution in [0.1, 0.15) is 49.5 Å². The number of hydrogen-bond acceptors (Lipinski definition) is 3. The fourth-order valence-corrected chi connectivity index (χ4v) is 3.62. The van der Waals surface area contributed by atoms with Crippen LogP contribution in [0.3, 0.4) is 0 Å². The summed E-state index contributed by atoms with van der Waals surface area (Å²) in [5.41, 5.74) is 3.73. The van der Waals surface area contributed by atoms with Crippen LogP contribution in [0.2, 0.25) is 0 Å². The second kappa shape index (κ2) is 7.53. The van der Waals surface area contributed by atoms with E-state index in [1.54, 1.807) is 0 Å². The number of anilines is 1. The van der Waals surface area contributed by atoms with E-state index in [1.165, 1.54) is 19.3 Å². The lowest BCUT2D eigenvalue weighted by Crippen LogP contribution is -2.34. The van der Waals surface area contributed by atoms with Crippen molar-refractivity contribution in [3.8, 4) is 0 Å². The molecule has 2 aromatic carbocycles. The molecule has 1 amide bonds. The predicted molar refractivity (Wildman–Crippen MR) is 109 cm³/mol. The number of H-pyrrole nitrogens is 1. The smallest absolute Gasteiger partial charge is 0.246 e. The molecule has 0 aliphatic heterocycles. The Morgan fingerprint density at radius 2 is 2.04 bits per heavy atom. The molecule has 0 radical (unpaired) electrons. The Bertz CT molecular complexity index is 930. The molecule has 1 aliphatic rings. The molecule has 3 aromatic rings. The van der Waals surface area contributed by atoms with Gasteiger partial charge in [0.1, 0.15) is 11.9 Å². The number of rotatable bonds is 6. The molecule has 1 aromatic heterocycles. The molecule has 1 heterocycles. The van der Waals surface area contributed by atoms with Gasteiger partial charge in [-0.25, -0.2) is 4.98 Å². The number of benzene rings is 2. The normalized spacial score (nSPS) is 15.7. The molecule has 4 rings (SSSR count). The lowest BCUT2D eigenvalue weighted by molar-refractivity contribution is -0.121. The van der Waals surface area contributed by atoms with Gasteiger partial charge in [0.25, 0.3) is 0 Å². The van der Waals surface area contributed by atoms with Crippen LogP contribution in [-0.4, -0.2) is 34.4 Å². The van der Waals surface area contributed by atoms with Gasteiger partial charge < -0.3 is 10.3 Å². The van der Waals surface area contributed by atoms with Crippen LogP contribution in [0, 0.1) is 0 Å². The third kappa shape index (κ3) is 3.60. The van der Waals surface area contributed by atoms with E-state index in [0.29, 0.717) is 5.92 Å². The second-order valence-corrected chi connectivity index (χ2v) is 7.36. The Labute approximate surface area is 159 Å². The van der Waals surface area contributed by atoms with Gasteiger partial charge >= 0.3 is 0 Å². The summed E-state index contributed by atoms with van der Waals surface area (Å²) in [7, 11) is 1.97. The van der Waals surface area contributed by atoms with Crippen LogP contribution in [-0.2, 0) is 4.79 Å². The number of imidazole rings is 1. The number of fused-ring (bicyclic) bond motifs is 1. The van der Waals surface area contributed by atoms with Crippen LogP contribution < -0.4 is 5.32 Å². The maximum Gasteiger partial charge on any atom is 0.246 e. The number of aromatic nitrogens is 2. The summed E-state index contributed by atoms with van der Waals surface area (Å²) in [6, 6.07) is 15.5. The van der Waals surface area contributed by atoms with E-state index < -0.39 is 0 Å². The number of carbonyl (C=O) groups excluding carboxylic acids is 1. The third-order valence-corrected chi connectivity index (χ3v) is 5.56. The number of carbonyl (C=O) groups is 1. The van der Waals surface area contributed by atoms with Gasteiger partial charge in [-0.05, 0) is 50.2 Å². The molecule has 2 N–H and O–H groups in total. The quantitative estimate of drug-likeness (QED) is 0.680. The van der Waals surface area contributed by atoms with Crippen LogP contribution in [0.4, 0.5) is 5.69 Å². The number of nitrogens with zero attached hydrogens (tertiary/aromatic N) is 2. The zero-order chi connectivity index (χ0) is 18.8. The van der Waals surface area contributed by atoms with Gasteiger partial charge in [-0.3, -0.25) is 9.69 Å². The number of nitrogens with one attached hydrogen (secondary N) is 2. The maximum absolute atomic E-state index is 13.0. The Morgan fingerprint density at radius 1 is 1.26 bits per heavy atom. The molecular weight excluding hydrogens is 336 g/mol. The second-order valence-electron chi connectivity index (χ2n) is 7.36. The van der Waals surface area contributed by atoms with E-state index in [4.69, 9.17) is 4.98 Å². The van der Waals surface area contributed by atoms with Gasteiger partial charge in [-0.2, -0.15) is 0 Å². The highest BCUT2D eigenvalue weighted by Crippen LogP contribution is 2.35. The van der Waals surface area contributed by atoms with Crippen LogP contribution in [0.5, 0.6) is 0 Å². The Morgan fingerprint density at radius 3 is 2.70 bits per heavy atom. The lowest BCUT2D eigenvalue weighted by Gasteiger charge is -2.26. The van der Waals surface area contributed by atoms with Crippen molar-refractivity contribution in [1.82, 2.24) is 14.9 Å². The molecule has 0 bridgehead atoms. The van der Waals surface area contributed by atoms with Gasteiger partial charge in [0, 0.05) is 11.6 Å². The minimum absolute atomic E-state index is 0.0244. The average Bonchev–Trinajstić information content (AvgIpc) is 3.03. The Balaban J connectivity index is 1.56. The molecule has 0 spiro atoms. The van der Waals surface area contributed by atoms with Gasteiger partial charge in [0.15, 0.2) is 0 Å². The molecule has 5 nitrogen and oxygen atoms in total. The van der Waals surface area contributed by atoms with Crippen molar-refractivity contribution < 1.29 is 4.79 Å². The first kappa shape index (κ1) is 17.7. The molecule has 27 heavy (non-hydrogen) atoms. The van der Waals surface area contributed by atoms with E-state index in [9.17, 15) is 4.79 Å². The Hall–Kier alpha value is -2.66.